The molecule has 8 heteroatoms. The van der Waals surface area contributed by atoms with E-state index in [4.69, 9.17) is 9.84 Å². The average Bonchev–Trinajstić information content (AvgIpc) is 3.19. The molecule has 3 rings (SSSR count). The van der Waals surface area contributed by atoms with Gasteiger partial charge in [0.05, 0.1) is 12.8 Å². The average molecular weight is 336 g/mol. The van der Waals surface area contributed by atoms with Crippen molar-refractivity contribution in [2.24, 2.45) is 11.8 Å². The van der Waals surface area contributed by atoms with Crippen molar-refractivity contribution in [3.8, 4) is 0 Å². The van der Waals surface area contributed by atoms with E-state index in [2.05, 4.69) is 10.00 Å². The summed E-state index contributed by atoms with van der Waals surface area (Å²) in [6, 6.07) is 0. The van der Waals surface area contributed by atoms with E-state index in [-0.39, 0.29) is 5.97 Å². The molecule has 0 spiro atoms. The molecule has 0 aromatic carbocycles. The van der Waals surface area contributed by atoms with Crippen LogP contribution in [-0.4, -0.2) is 69.5 Å². The Morgan fingerprint density at radius 3 is 2.46 bits per heavy atom. The van der Waals surface area contributed by atoms with Crippen LogP contribution in [0.4, 0.5) is 4.79 Å². The molecule has 2 fully saturated rings. The molecule has 0 saturated carbocycles. The topological polar surface area (TPSA) is 87.9 Å². The molecule has 2 aliphatic heterocycles. The Kier molecular flexibility index (Phi) is 4.75. The van der Waals surface area contributed by atoms with Crippen molar-refractivity contribution in [3.05, 3.63) is 17.5 Å². The minimum Gasteiger partial charge on any atom is -0.465 e. The van der Waals surface area contributed by atoms with Crippen LogP contribution in [0.25, 0.3) is 0 Å². The molecule has 0 aliphatic carbocycles. The number of ether oxygens (including phenoxy) is 1. The maximum absolute atomic E-state index is 12.2. The second-order valence-electron chi connectivity index (χ2n) is 6.46. The van der Waals surface area contributed by atoms with Crippen molar-refractivity contribution in [3.63, 3.8) is 0 Å². The number of hydrogen-bond acceptors (Lipinski definition) is 5. The van der Waals surface area contributed by atoms with E-state index >= 15 is 0 Å². The summed E-state index contributed by atoms with van der Waals surface area (Å²) in [6.07, 6.45) is 0.915. The van der Waals surface area contributed by atoms with Crippen LogP contribution < -0.4 is 0 Å². The number of fused-ring (bicyclic) bond motifs is 1. The zero-order valence-electron chi connectivity index (χ0n) is 14.1. The number of carbonyl (C=O) groups excluding carboxylic acids is 1. The number of hydrogen-bond donors (Lipinski definition) is 1. The summed E-state index contributed by atoms with van der Waals surface area (Å²) in [6.45, 7) is 8.26. The summed E-state index contributed by atoms with van der Waals surface area (Å²) in [4.78, 5) is 27.1. The quantitative estimate of drug-likeness (QED) is 0.811. The maximum atomic E-state index is 12.2. The number of nitrogens with zero attached hydrogens (tertiary/aromatic N) is 4. The van der Waals surface area contributed by atoms with Gasteiger partial charge >= 0.3 is 12.1 Å². The van der Waals surface area contributed by atoms with Gasteiger partial charge < -0.3 is 14.7 Å². The zero-order chi connectivity index (χ0) is 17.3. The van der Waals surface area contributed by atoms with Gasteiger partial charge in [0.2, 0.25) is 0 Å². The molecule has 132 valence electrons. The Morgan fingerprint density at radius 1 is 1.25 bits per heavy atom. The third-order valence-corrected chi connectivity index (χ3v) is 4.91. The van der Waals surface area contributed by atoms with E-state index in [1.807, 2.05) is 6.92 Å². The Labute approximate surface area is 141 Å². The Hall–Kier alpha value is -2.09. The fraction of sp³-hybridized carbons (Fsp3) is 0.688. The highest BCUT2D eigenvalue weighted by Gasteiger charge is 2.41. The lowest BCUT2D eigenvalue weighted by Crippen LogP contribution is -2.32. The van der Waals surface area contributed by atoms with Crippen LogP contribution in [0.5, 0.6) is 0 Å². The third-order valence-electron chi connectivity index (χ3n) is 4.91. The van der Waals surface area contributed by atoms with E-state index in [0.29, 0.717) is 50.3 Å². The first kappa shape index (κ1) is 16.8. The van der Waals surface area contributed by atoms with Crippen LogP contribution in [0, 0.1) is 11.8 Å². The smallest absolute Gasteiger partial charge is 0.407 e. The molecule has 2 unspecified atom stereocenters. The van der Waals surface area contributed by atoms with Crippen molar-refractivity contribution in [1.29, 1.82) is 0 Å². The first-order valence-electron chi connectivity index (χ1n) is 8.45. The normalized spacial score (nSPS) is 23.5. The van der Waals surface area contributed by atoms with Gasteiger partial charge in [-0.1, -0.05) is 0 Å². The van der Waals surface area contributed by atoms with Crippen LogP contribution in [0.2, 0.25) is 0 Å². The van der Waals surface area contributed by atoms with Gasteiger partial charge in [0.15, 0.2) is 5.69 Å². The summed E-state index contributed by atoms with van der Waals surface area (Å²) < 4.78 is 6.84. The highest BCUT2D eigenvalue weighted by molar-refractivity contribution is 5.89. The van der Waals surface area contributed by atoms with Crippen LogP contribution in [0.1, 0.15) is 29.9 Å². The van der Waals surface area contributed by atoms with Gasteiger partial charge in [-0.3, -0.25) is 9.58 Å². The molecule has 1 N–H and O–H groups in total. The van der Waals surface area contributed by atoms with Gasteiger partial charge in [0.1, 0.15) is 0 Å². The summed E-state index contributed by atoms with van der Waals surface area (Å²) in [5.41, 5.74) is 1.41. The minimum atomic E-state index is -0.829. The Balaban J connectivity index is 1.67. The van der Waals surface area contributed by atoms with Crippen molar-refractivity contribution in [2.75, 3.05) is 32.8 Å². The zero-order valence-corrected chi connectivity index (χ0v) is 14.1. The summed E-state index contributed by atoms with van der Waals surface area (Å²) in [5.74, 6) is 0.435. The van der Waals surface area contributed by atoms with E-state index in [1.165, 1.54) is 4.90 Å². The standard InChI is InChI=1S/C16H24N4O4/c1-3-20-14(15(21)24-4-2)11(5-17-20)6-18-7-12-9-19(16(22)23)10-13(12)8-18/h5,12-13H,3-4,6-10H2,1-2H3,(H,22,23). The lowest BCUT2D eigenvalue weighted by Gasteiger charge is -2.19. The molecule has 0 radical (unpaired) electrons. The Bertz CT molecular complexity index is 616. The van der Waals surface area contributed by atoms with Gasteiger partial charge in [0.25, 0.3) is 0 Å². The molecule has 2 atom stereocenters. The lowest BCUT2D eigenvalue weighted by atomic mass is 10.0. The molecule has 2 saturated heterocycles. The fourth-order valence-corrected chi connectivity index (χ4v) is 3.83. The van der Waals surface area contributed by atoms with Gasteiger partial charge in [-0.25, -0.2) is 9.59 Å². The van der Waals surface area contributed by atoms with Gasteiger partial charge in [0, 0.05) is 44.8 Å². The van der Waals surface area contributed by atoms with Crippen LogP contribution in [0.3, 0.4) is 0 Å². The third kappa shape index (κ3) is 3.10. The molecule has 1 aromatic rings. The van der Waals surface area contributed by atoms with E-state index < -0.39 is 6.09 Å². The highest BCUT2D eigenvalue weighted by atomic mass is 16.5. The van der Waals surface area contributed by atoms with Gasteiger partial charge in [-0.15, -0.1) is 0 Å². The minimum absolute atomic E-state index is 0.330. The number of esters is 1. The lowest BCUT2D eigenvalue weighted by molar-refractivity contribution is 0.0509. The molecular formula is C16H24N4O4. The number of aromatic nitrogens is 2. The van der Waals surface area contributed by atoms with Crippen molar-refractivity contribution in [2.45, 2.75) is 26.9 Å². The number of rotatable bonds is 5. The SMILES string of the molecule is CCOC(=O)c1c(CN2CC3CN(C(=O)O)CC3C2)cnn1CC. The summed E-state index contributed by atoms with van der Waals surface area (Å²) in [7, 11) is 0. The van der Waals surface area contributed by atoms with E-state index in [9.17, 15) is 9.59 Å². The van der Waals surface area contributed by atoms with Crippen LogP contribution in [-0.2, 0) is 17.8 Å². The maximum Gasteiger partial charge on any atom is 0.407 e. The predicted octanol–water partition coefficient (Wildman–Crippen LogP) is 1.12. The Morgan fingerprint density at radius 2 is 1.92 bits per heavy atom. The van der Waals surface area contributed by atoms with Crippen LogP contribution in [0.15, 0.2) is 6.20 Å². The van der Waals surface area contributed by atoms with Crippen LogP contribution >= 0.6 is 0 Å². The second kappa shape index (κ2) is 6.80. The summed E-state index contributed by atoms with van der Waals surface area (Å²) in [5, 5.41) is 13.4. The molecule has 1 aromatic heterocycles. The molecule has 2 aliphatic rings. The fourth-order valence-electron chi connectivity index (χ4n) is 3.83. The highest BCUT2D eigenvalue weighted by Crippen LogP contribution is 2.32. The molecule has 0 bridgehead atoms. The molecule has 24 heavy (non-hydrogen) atoms. The number of carboxylic acid groups (broad SMARTS) is 1. The number of likely N-dealkylation sites (tertiary alicyclic amines) is 2. The molecule has 1 amide bonds. The van der Waals surface area contributed by atoms with Crippen molar-refractivity contribution in [1.82, 2.24) is 19.6 Å². The molecule has 3 heterocycles. The van der Waals surface area contributed by atoms with E-state index in [0.717, 1.165) is 18.7 Å². The number of carbonyl (C=O) groups is 2. The first-order chi connectivity index (χ1) is 11.5. The van der Waals surface area contributed by atoms with E-state index in [1.54, 1.807) is 17.8 Å². The molecular weight excluding hydrogens is 312 g/mol. The number of aryl methyl sites for hydroxylation is 1. The monoisotopic (exact) mass is 336 g/mol. The van der Waals surface area contributed by atoms with Gasteiger partial charge in [-0.2, -0.15) is 5.10 Å². The molecule has 8 nitrogen and oxygen atoms in total. The number of amides is 1. The summed E-state index contributed by atoms with van der Waals surface area (Å²) >= 11 is 0. The predicted molar refractivity (Wildman–Crippen MR) is 85.7 cm³/mol. The largest absolute Gasteiger partial charge is 0.465 e. The first-order valence-corrected chi connectivity index (χ1v) is 8.45. The van der Waals surface area contributed by atoms with Crippen molar-refractivity contribution >= 4 is 12.1 Å². The second-order valence-corrected chi connectivity index (χ2v) is 6.46. The van der Waals surface area contributed by atoms with Gasteiger partial charge in [-0.05, 0) is 25.7 Å². The van der Waals surface area contributed by atoms with Crippen molar-refractivity contribution < 1.29 is 19.4 Å².